The van der Waals surface area contributed by atoms with Crippen LogP contribution in [0.25, 0.3) is 0 Å². The summed E-state index contributed by atoms with van der Waals surface area (Å²) in [7, 11) is 0. The molecule has 2 fully saturated rings. The Morgan fingerprint density at radius 1 is 1.23 bits per heavy atom. The lowest BCUT2D eigenvalue weighted by Gasteiger charge is -2.52. The van der Waals surface area contributed by atoms with Gasteiger partial charge in [-0.3, -0.25) is 4.79 Å². The summed E-state index contributed by atoms with van der Waals surface area (Å²) in [6, 6.07) is 0. The molecule has 0 aromatic heterocycles. The molecule has 2 saturated carbocycles. The van der Waals surface area contributed by atoms with E-state index in [1.165, 1.54) is 38.5 Å². The molecule has 0 radical (unpaired) electrons. The Labute approximate surface area is 134 Å². The molecule has 2 heteroatoms. The van der Waals surface area contributed by atoms with Crippen LogP contribution in [-0.4, -0.2) is 12.1 Å². The van der Waals surface area contributed by atoms with Crippen molar-refractivity contribution in [3.8, 4) is 0 Å². The fourth-order valence-corrected chi connectivity index (χ4v) is 6.24. The molecule has 4 rings (SSSR count). The molecule has 0 bridgehead atoms. The van der Waals surface area contributed by atoms with Crippen LogP contribution in [0.4, 0.5) is 0 Å². The average Bonchev–Trinajstić information content (AvgIpc) is 2.83. The molecule has 0 spiro atoms. The van der Waals surface area contributed by atoms with Gasteiger partial charge in [-0.05, 0) is 74.2 Å². The minimum atomic E-state index is -0.0998. The fourth-order valence-electron chi connectivity index (χ4n) is 6.24. The topological polar surface area (TPSA) is 26.3 Å². The lowest BCUT2D eigenvalue weighted by atomic mass is 9.53. The van der Waals surface area contributed by atoms with Crippen molar-refractivity contribution in [1.82, 2.24) is 0 Å². The molecule has 0 amide bonds. The number of esters is 1. The zero-order valence-corrected chi connectivity index (χ0v) is 13.9. The second-order valence-corrected chi connectivity index (χ2v) is 8.18. The van der Waals surface area contributed by atoms with Crippen LogP contribution < -0.4 is 0 Å². The first-order valence-electron chi connectivity index (χ1n) is 9.13. The third-order valence-electron chi connectivity index (χ3n) is 7.24. The molecule has 0 aliphatic heterocycles. The number of ether oxygens (including phenoxy) is 1. The van der Waals surface area contributed by atoms with E-state index in [2.05, 4.69) is 25.2 Å². The first kappa shape index (κ1) is 14.5. The highest BCUT2D eigenvalue weighted by Gasteiger charge is 2.56. The first-order valence-corrected chi connectivity index (χ1v) is 9.13. The Hall–Kier alpha value is -1.05. The van der Waals surface area contributed by atoms with Gasteiger partial charge in [-0.1, -0.05) is 25.2 Å². The van der Waals surface area contributed by atoms with E-state index in [0.717, 1.165) is 30.1 Å². The summed E-state index contributed by atoms with van der Waals surface area (Å²) >= 11 is 0. The van der Waals surface area contributed by atoms with Crippen molar-refractivity contribution in [3.05, 3.63) is 23.8 Å². The maximum absolute atomic E-state index is 11.4. The largest absolute Gasteiger partial charge is 0.462 e. The maximum atomic E-state index is 11.4. The molecule has 0 aromatic carbocycles. The minimum Gasteiger partial charge on any atom is -0.462 e. The predicted octanol–water partition coefficient (Wildman–Crippen LogP) is 4.66. The Balaban J connectivity index is 1.60. The smallest absolute Gasteiger partial charge is 0.302 e. The number of carbonyl (C=O) groups is 1. The van der Waals surface area contributed by atoms with Crippen LogP contribution in [0.2, 0.25) is 0 Å². The zero-order valence-electron chi connectivity index (χ0n) is 13.9. The van der Waals surface area contributed by atoms with Crippen LogP contribution in [0.3, 0.4) is 0 Å². The van der Waals surface area contributed by atoms with Gasteiger partial charge in [-0.2, -0.15) is 0 Å². The summed E-state index contributed by atoms with van der Waals surface area (Å²) in [5.41, 5.74) is 1.84. The average molecular weight is 300 g/mol. The van der Waals surface area contributed by atoms with E-state index in [0.29, 0.717) is 0 Å². The van der Waals surface area contributed by atoms with Gasteiger partial charge in [0.1, 0.15) is 6.10 Å². The zero-order chi connectivity index (χ0) is 15.3. The molecule has 6 atom stereocenters. The fraction of sp³-hybridized carbons (Fsp3) is 0.750. The van der Waals surface area contributed by atoms with Crippen LogP contribution >= 0.6 is 0 Å². The number of fused-ring (bicyclic) bond motifs is 5. The van der Waals surface area contributed by atoms with Crippen LogP contribution in [0.1, 0.15) is 58.8 Å². The highest BCUT2D eigenvalue weighted by atomic mass is 16.5. The van der Waals surface area contributed by atoms with Crippen molar-refractivity contribution in [2.24, 2.45) is 29.1 Å². The Kier molecular flexibility index (Phi) is 3.47. The second kappa shape index (κ2) is 5.25. The lowest BCUT2D eigenvalue weighted by molar-refractivity contribution is -0.155. The Bertz CT molecular complexity index is 532. The summed E-state index contributed by atoms with van der Waals surface area (Å²) in [6.07, 6.45) is 16.1. The Morgan fingerprint density at radius 2 is 2.09 bits per heavy atom. The van der Waals surface area contributed by atoms with Crippen molar-refractivity contribution in [2.75, 3.05) is 0 Å². The third kappa shape index (κ3) is 2.10. The van der Waals surface area contributed by atoms with E-state index in [4.69, 9.17) is 4.74 Å². The van der Waals surface area contributed by atoms with E-state index in [1.807, 2.05) is 0 Å². The first-order chi connectivity index (χ1) is 10.6. The molecule has 0 aromatic rings. The normalized spacial score (nSPS) is 46.3. The minimum absolute atomic E-state index is 0.0998. The lowest BCUT2D eigenvalue weighted by Crippen LogP contribution is -2.47. The molecule has 0 heterocycles. The van der Waals surface area contributed by atoms with Crippen LogP contribution in [0.5, 0.6) is 0 Å². The summed E-state index contributed by atoms with van der Waals surface area (Å²) in [5, 5.41) is 0. The van der Waals surface area contributed by atoms with E-state index < -0.39 is 0 Å². The molecule has 4 aliphatic rings. The van der Waals surface area contributed by atoms with Gasteiger partial charge in [0, 0.05) is 12.3 Å². The van der Waals surface area contributed by atoms with Gasteiger partial charge in [0.2, 0.25) is 0 Å². The van der Waals surface area contributed by atoms with Gasteiger partial charge in [-0.25, -0.2) is 0 Å². The van der Waals surface area contributed by atoms with E-state index in [-0.39, 0.29) is 17.5 Å². The van der Waals surface area contributed by atoms with Gasteiger partial charge in [0.15, 0.2) is 0 Å². The van der Waals surface area contributed by atoms with Gasteiger partial charge in [0.25, 0.3) is 0 Å². The predicted molar refractivity (Wildman–Crippen MR) is 87.2 cm³/mol. The van der Waals surface area contributed by atoms with E-state index in [9.17, 15) is 4.79 Å². The molecule has 0 N–H and O–H groups in total. The molecular formula is C20H28O2. The van der Waals surface area contributed by atoms with Crippen molar-refractivity contribution in [3.63, 3.8) is 0 Å². The standard InChI is InChI=1S/C20H28O2/c1-13(21)22-19-10-9-18-17-8-7-14-5-3-4-6-15(14)16(17)11-12-20(18,19)2/h3,5,7,15-19H,4,6,8-12H2,1-2H3. The van der Waals surface area contributed by atoms with Crippen LogP contribution in [0, 0.1) is 29.1 Å². The molecule has 2 nitrogen and oxygen atoms in total. The number of rotatable bonds is 1. The monoisotopic (exact) mass is 300 g/mol. The number of hydrogen-bond acceptors (Lipinski definition) is 2. The van der Waals surface area contributed by atoms with Gasteiger partial charge < -0.3 is 4.74 Å². The molecular weight excluding hydrogens is 272 g/mol. The summed E-state index contributed by atoms with van der Waals surface area (Å²) in [6.45, 7) is 3.96. The highest BCUT2D eigenvalue weighted by Crippen LogP contribution is 2.61. The third-order valence-corrected chi connectivity index (χ3v) is 7.24. The van der Waals surface area contributed by atoms with Gasteiger partial charge >= 0.3 is 5.97 Å². The van der Waals surface area contributed by atoms with Crippen molar-refractivity contribution >= 4 is 5.97 Å². The number of hydrogen-bond donors (Lipinski definition) is 0. The van der Waals surface area contributed by atoms with Crippen LogP contribution in [-0.2, 0) is 9.53 Å². The molecule has 0 saturated heterocycles. The highest BCUT2D eigenvalue weighted by molar-refractivity contribution is 5.66. The van der Waals surface area contributed by atoms with Gasteiger partial charge in [-0.15, -0.1) is 0 Å². The number of carbonyl (C=O) groups excluding carboxylic acids is 1. The van der Waals surface area contributed by atoms with E-state index in [1.54, 1.807) is 12.5 Å². The quantitative estimate of drug-likeness (QED) is 0.658. The van der Waals surface area contributed by atoms with Crippen molar-refractivity contribution < 1.29 is 9.53 Å². The van der Waals surface area contributed by atoms with Crippen molar-refractivity contribution in [2.45, 2.75) is 64.9 Å². The summed E-state index contributed by atoms with van der Waals surface area (Å²) in [4.78, 5) is 11.4. The molecule has 120 valence electrons. The van der Waals surface area contributed by atoms with E-state index >= 15 is 0 Å². The SMILES string of the molecule is CC(=O)OC1CCC2C3CC=C4C=CCCC4C3CCC12C. The summed E-state index contributed by atoms with van der Waals surface area (Å²) < 4.78 is 5.70. The maximum Gasteiger partial charge on any atom is 0.302 e. The van der Waals surface area contributed by atoms with Crippen LogP contribution in [0.15, 0.2) is 23.8 Å². The van der Waals surface area contributed by atoms with Crippen molar-refractivity contribution in [1.29, 1.82) is 0 Å². The molecule has 4 aliphatic carbocycles. The number of allylic oxidation sites excluding steroid dienone is 4. The molecule has 22 heavy (non-hydrogen) atoms. The van der Waals surface area contributed by atoms with Gasteiger partial charge in [0.05, 0.1) is 0 Å². The second-order valence-electron chi connectivity index (χ2n) is 8.18. The molecule has 6 unspecified atom stereocenters. The summed E-state index contributed by atoms with van der Waals surface area (Å²) in [5.74, 6) is 3.15. The Morgan fingerprint density at radius 3 is 2.91 bits per heavy atom.